The first-order valence-corrected chi connectivity index (χ1v) is 5.24. The molecule has 1 rings (SSSR count). The lowest BCUT2D eigenvalue weighted by molar-refractivity contribution is -0.136. The lowest BCUT2D eigenvalue weighted by atomic mass is 9.95. The Kier molecular flexibility index (Phi) is 3.82. The van der Waals surface area contributed by atoms with E-state index in [-0.39, 0.29) is 18.6 Å². The van der Waals surface area contributed by atoms with Crippen molar-refractivity contribution in [3.8, 4) is 0 Å². The second-order valence-electron chi connectivity index (χ2n) is 4.09. The average molecular weight is 220 g/mol. The van der Waals surface area contributed by atoms with E-state index in [1.807, 2.05) is 32.9 Å². The summed E-state index contributed by atoms with van der Waals surface area (Å²) in [6.45, 7) is 5.74. The molecule has 0 spiro atoms. The zero-order valence-electron chi connectivity index (χ0n) is 9.83. The molecule has 1 aromatic carbocycles. The van der Waals surface area contributed by atoms with E-state index < -0.39 is 5.97 Å². The van der Waals surface area contributed by atoms with Gasteiger partial charge in [-0.1, -0.05) is 17.7 Å². The van der Waals surface area contributed by atoms with E-state index in [4.69, 9.17) is 5.11 Å². The van der Waals surface area contributed by atoms with Crippen LogP contribution in [0.15, 0.2) is 12.1 Å². The Morgan fingerprint density at radius 2 is 1.56 bits per heavy atom. The summed E-state index contributed by atoms with van der Waals surface area (Å²) in [5.74, 6) is -1.02. The summed E-state index contributed by atoms with van der Waals surface area (Å²) >= 11 is 0. The third-order valence-electron chi connectivity index (χ3n) is 2.52. The summed E-state index contributed by atoms with van der Waals surface area (Å²) < 4.78 is 0. The fourth-order valence-corrected chi connectivity index (χ4v) is 1.97. The molecule has 0 saturated carbocycles. The molecule has 0 heterocycles. The maximum absolute atomic E-state index is 11.8. The molecule has 1 aromatic rings. The van der Waals surface area contributed by atoms with Crippen molar-refractivity contribution < 1.29 is 14.7 Å². The number of hydrogen-bond donors (Lipinski definition) is 1. The van der Waals surface area contributed by atoms with Gasteiger partial charge in [0.2, 0.25) is 0 Å². The molecule has 0 aliphatic heterocycles. The molecule has 86 valence electrons. The first-order valence-electron chi connectivity index (χ1n) is 5.24. The molecular formula is C13H16O3. The van der Waals surface area contributed by atoms with Crippen molar-refractivity contribution in [1.29, 1.82) is 0 Å². The fourth-order valence-electron chi connectivity index (χ4n) is 1.97. The van der Waals surface area contributed by atoms with Gasteiger partial charge < -0.3 is 5.11 Å². The Hall–Kier alpha value is -1.64. The molecule has 0 fully saturated rings. The number of Topliss-reactive ketones (excluding diaryl/α,β-unsaturated/α-hetero) is 1. The quantitative estimate of drug-likeness (QED) is 0.793. The van der Waals surface area contributed by atoms with Crippen molar-refractivity contribution in [2.75, 3.05) is 0 Å². The van der Waals surface area contributed by atoms with Crippen LogP contribution in [0.5, 0.6) is 0 Å². The van der Waals surface area contributed by atoms with Crippen LogP contribution in [0.2, 0.25) is 0 Å². The highest BCUT2D eigenvalue weighted by molar-refractivity contribution is 6.00. The highest BCUT2D eigenvalue weighted by Crippen LogP contribution is 2.18. The van der Waals surface area contributed by atoms with Crippen molar-refractivity contribution in [3.63, 3.8) is 0 Å². The van der Waals surface area contributed by atoms with Crippen LogP contribution in [0.4, 0.5) is 0 Å². The Labute approximate surface area is 95.1 Å². The molecular weight excluding hydrogens is 204 g/mol. The Morgan fingerprint density at radius 3 is 2.00 bits per heavy atom. The molecule has 0 aliphatic rings. The number of carbonyl (C=O) groups is 2. The minimum atomic E-state index is -0.934. The topological polar surface area (TPSA) is 54.4 Å². The number of carboxylic acids is 1. The number of rotatable bonds is 4. The maximum atomic E-state index is 11.8. The summed E-state index contributed by atoms with van der Waals surface area (Å²) in [4.78, 5) is 22.2. The Balaban J connectivity index is 2.95. The van der Waals surface area contributed by atoms with Crippen molar-refractivity contribution in [2.24, 2.45) is 0 Å². The van der Waals surface area contributed by atoms with E-state index in [0.29, 0.717) is 5.56 Å². The minimum Gasteiger partial charge on any atom is -0.481 e. The molecule has 0 unspecified atom stereocenters. The molecule has 0 amide bonds. The molecule has 0 aliphatic carbocycles. The summed E-state index contributed by atoms with van der Waals surface area (Å²) in [7, 11) is 0. The number of hydrogen-bond acceptors (Lipinski definition) is 2. The van der Waals surface area contributed by atoms with Gasteiger partial charge in [0.1, 0.15) is 0 Å². The van der Waals surface area contributed by atoms with Gasteiger partial charge in [0, 0.05) is 12.0 Å². The first kappa shape index (κ1) is 12.4. The zero-order valence-corrected chi connectivity index (χ0v) is 9.83. The number of aliphatic carboxylic acids is 1. The predicted octanol–water partition coefficient (Wildman–Crippen LogP) is 2.66. The summed E-state index contributed by atoms with van der Waals surface area (Å²) in [6.07, 6.45) is -0.0360. The van der Waals surface area contributed by atoms with Crippen molar-refractivity contribution in [1.82, 2.24) is 0 Å². The molecule has 0 radical (unpaired) electrons. The van der Waals surface area contributed by atoms with Crippen LogP contribution in [0, 0.1) is 20.8 Å². The maximum Gasteiger partial charge on any atom is 0.303 e. The zero-order chi connectivity index (χ0) is 12.3. The molecule has 16 heavy (non-hydrogen) atoms. The SMILES string of the molecule is Cc1cc(C)c(C(=O)CCC(=O)O)c(C)c1. The van der Waals surface area contributed by atoms with Gasteiger partial charge in [0.15, 0.2) is 5.78 Å². The van der Waals surface area contributed by atoms with Crippen LogP contribution < -0.4 is 0 Å². The normalized spacial score (nSPS) is 10.2. The fraction of sp³-hybridized carbons (Fsp3) is 0.385. The number of carboxylic acid groups (broad SMARTS) is 1. The van der Waals surface area contributed by atoms with Gasteiger partial charge in [0.05, 0.1) is 6.42 Å². The van der Waals surface area contributed by atoms with Crippen molar-refractivity contribution in [2.45, 2.75) is 33.6 Å². The van der Waals surface area contributed by atoms with Gasteiger partial charge in [0.25, 0.3) is 0 Å². The van der Waals surface area contributed by atoms with Gasteiger partial charge in [-0.05, 0) is 31.9 Å². The van der Waals surface area contributed by atoms with E-state index in [1.54, 1.807) is 0 Å². The lowest BCUT2D eigenvalue weighted by Crippen LogP contribution is -2.07. The number of benzene rings is 1. The Bertz CT molecular complexity index is 410. The molecule has 0 bridgehead atoms. The second kappa shape index (κ2) is 4.92. The molecule has 3 heteroatoms. The second-order valence-corrected chi connectivity index (χ2v) is 4.09. The van der Waals surface area contributed by atoms with E-state index in [1.165, 1.54) is 0 Å². The minimum absolute atomic E-state index is 0.0695. The highest BCUT2D eigenvalue weighted by Gasteiger charge is 2.13. The van der Waals surface area contributed by atoms with Gasteiger partial charge in [-0.25, -0.2) is 0 Å². The summed E-state index contributed by atoms with van der Waals surface area (Å²) in [6, 6.07) is 3.89. The van der Waals surface area contributed by atoms with Gasteiger partial charge in [-0.3, -0.25) is 9.59 Å². The highest BCUT2D eigenvalue weighted by atomic mass is 16.4. The van der Waals surface area contributed by atoms with Crippen LogP contribution >= 0.6 is 0 Å². The first-order chi connectivity index (χ1) is 7.41. The third kappa shape index (κ3) is 2.92. The van der Waals surface area contributed by atoms with E-state index in [9.17, 15) is 9.59 Å². The Morgan fingerprint density at radius 1 is 1.06 bits per heavy atom. The molecule has 3 nitrogen and oxygen atoms in total. The molecule has 0 atom stereocenters. The van der Waals surface area contributed by atoms with Crippen LogP contribution in [0.3, 0.4) is 0 Å². The number of carbonyl (C=O) groups excluding carboxylic acids is 1. The van der Waals surface area contributed by atoms with E-state index >= 15 is 0 Å². The largest absolute Gasteiger partial charge is 0.481 e. The van der Waals surface area contributed by atoms with Crippen LogP contribution in [0.25, 0.3) is 0 Å². The van der Waals surface area contributed by atoms with Crippen molar-refractivity contribution in [3.05, 3.63) is 34.4 Å². The monoisotopic (exact) mass is 220 g/mol. The van der Waals surface area contributed by atoms with Gasteiger partial charge in [-0.2, -0.15) is 0 Å². The van der Waals surface area contributed by atoms with Gasteiger partial charge in [-0.15, -0.1) is 0 Å². The van der Waals surface area contributed by atoms with E-state index in [2.05, 4.69) is 0 Å². The lowest BCUT2D eigenvalue weighted by Gasteiger charge is -2.09. The number of ketones is 1. The molecule has 0 saturated heterocycles. The third-order valence-corrected chi connectivity index (χ3v) is 2.52. The number of aryl methyl sites for hydroxylation is 3. The average Bonchev–Trinajstić information content (AvgIpc) is 2.12. The van der Waals surface area contributed by atoms with Crippen LogP contribution in [0.1, 0.15) is 39.9 Å². The van der Waals surface area contributed by atoms with E-state index in [0.717, 1.165) is 16.7 Å². The molecule has 0 aromatic heterocycles. The predicted molar refractivity (Wildman–Crippen MR) is 61.9 cm³/mol. The molecule has 1 N–H and O–H groups in total. The summed E-state index contributed by atoms with van der Waals surface area (Å²) in [5, 5.41) is 8.54. The van der Waals surface area contributed by atoms with Crippen molar-refractivity contribution >= 4 is 11.8 Å². The summed E-state index contributed by atoms with van der Waals surface area (Å²) in [5.41, 5.74) is 3.64. The smallest absolute Gasteiger partial charge is 0.303 e. The van der Waals surface area contributed by atoms with Crippen LogP contribution in [-0.4, -0.2) is 16.9 Å². The standard InChI is InChI=1S/C13H16O3/c1-8-6-9(2)13(10(3)7-8)11(14)4-5-12(15)16/h6-7H,4-5H2,1-3H3,(H,15,16). The van der Waals surface area contributed by atoms with Crippen LogP contribution in [-0.2, 0) is 4.79 Å². The van der Waals surface area contributed by atoms with Gasteiger partial charge >= 0.3 is 5.97 Å².